The van der Waals surface area contributed by atoms with Crippen molar-refractivity contribution in [1.29, 1.82) is 0 Å². The molecular formula is C19H22O6. The van der Waals surface area contributed by atoms with Gasteiger partial charge in [-0.15, -0.1) is 0 Å². The van der Waals surface area contributed by atoms with Crippen molar-refractivity contribution in [1.82, 2.24) is 0 Å². The minimum absolute atomic E-state index is 0.379. The van der Waals surface area contributed by atoms with Crippen LogP contribution in [0, 0.1) is 0 Å². The SMILES string of the molecule is COc1ccc(CCC(O)c2ccccc2OCC(=O)O)cc1OC. The molecule has 2 N–H and O–H groups in total. The lowest BCUT2D eigenvalue weighted by Crippen LogP contribution is -2.11. The summed E-state index contributed by atoms with van der Waals surface area (Å²) in [5.41, 5.74) is 1.57. The van der Waals surface area contributed by atoms with E-state index in [9.17, 15) is 9.90 Å². The third kappa shape index (κ3) is 5.12. The molecule has 134 valence electrons. The standard InChI is InChI=1S/C19H22O6/c1-23-17-10-8-13(11-18(17)24-2)7-9-15(20)14-5-3-4-6-16(14)25-12-19(21)22/h3-6,8,10-11,15,20H,7,9,12H2,1-2H3,(H,21,22). The zero-order chi connectivity index (χ0) is 18.2. The van der Waals surface area contributed by atoms with Crippen LogP contribution in [0.5, 0.6) is 17.2 Å². The number of para-hydroxylation sites is 1. The number of aliphatic hydroxyl groups excluding tert-OH is 1. The fraction of sp³-hybridized carbons (Fsp3) is 0.316. The lowest BCUT2D eigenvalue weighted by Gasteiger charge is -2.16. The van der Waals surface area contributed by atoms with Gasteiger partial charge in [-0.2, -0.15) is 0 Å². The van der Waals surface area contributed by atoms with Gasteiger partial charge < -0.3 is 24.4 Å². The summed E-state index contributed by atoms with van der Waals surface area (Å²) in [6.45, 7) is -0.445. The second-order valence-corrected chi connectivity index (χ2v) is 5.46. The van der Waals surface area contributed by atoms with Crippen LogP contribution in [0.15, 0.2) is 42.5 Å². The Bertz CT molecular complexity index is 713. The Balaban J connectivity index is 2.05. The average Bonchev–Trinajstić information content (AvgIpc) is 2.64. The molecule has 25 heavy (non-hydrogen) atoms. The number of aliphatic hydroxyl groups is 1. The second-order valence-electron chi connectivity index (χ2n) is 5.46. The van der Waals surface area contributed by atoms with Gasteiger partial charge >= 0.3 is 5.97 Å². The van der Waals surface area contributed by atoms with E-state index in [0.29, 0.717) is 35.7 Å². The third-order valence-electron chi connectivity index (χ3n) is 3.78. The first kappa shape index (κ1) is 18.6. The maximum absolute atomic E-state index is 10.7. The molecule has 0 saturated heterocycles. The van der Waals surface area contributed by atoms with Crippen molar-refractivity contribution >= 4 is 5.97 Å². The van der Waals surface area contributed by atoms with Gasteiger partial charge in [0, 0.05) is 5.56 Å². The number of carboxylic acids is 1. The Hall–Kier alpha value is -2.73. The molecule has 2 rings (SSSR count). The van der Waals surface area contributed by atoms with Crippen LogP contribution in [0.4, 0.5) is 0 Å². The predicted molar refractivity (Wildman–Crippen MR) is 92.4 cm³/mol. The number of carbonyl (C=O) groups is 1. The molecule has 1 unspecified atom stereocenters. The first-order chi connectivity index (χ1) is 12.0. The van der Waals surface area contributed by atoms with Gasteiger partial charge in [0.1, 0.15) is 5.75 Å². The first-order valence-corrected chi connectivity index (χ1v) is 7.87. The molecule has 2 aromatic carbocycles. The Morgan fingerprint density at radius 1 is 1.04 bits per heavy atom. The van der Waals surface area contributed by atoms with E-state index in [-0.39, 0.29) is 0 Å². The zero-order valence-electron chi connectivity index (χ0n) is 14.3. The molecule has 0 radical (unpaired) electrons. The van der Waals surface area contributed by atoms with Crippen molar-refractivity contribution in [2.24, 2.45) is 0 Å². The van der Waals surface area contributed by atoms with E-state index in [1.807, 2.05) is 18.2 Å². The molecule has 0 heterocycles. The summed E-state index contributed by atoms with van der Waals surface area (Å²) >= 11 is 0. The van der Waals surface area contributed by atoms with Crippen LogP contribution >= 0.6 is 0 Å². The zero-order valence-corrected chi connectivity index (χ0v) is 14.3. The van der Waals surface area contributed by atoms with Crippen molar-refractivity contribution in [2.75, 3.05) is 20.8 Å². The minimum atomic E-state index is -1.06. The van der Waals surface area contributed by atoms with Gasteiger partial charge in [0.2, 0.25) is 0 Å². The number of hydrogen-bond donors (Lipinski definition) is 2. The molecule has 0 aliphatic carbocycles. The quantitative estimate of drug-likeness (QED) is 0.726. The number of hydrogen-bond acceptors (Lipinski definition) is 5. The monoisotopic (exact) mass is 346 g/mol. The molecule has 0 spiro atoms. The highest BCUT2D eigenvalue weighted by molar-refractivity contribution is 5.68. The average molecular weight is 346 g/mol. The fourth-order valence-electron chi connectivity index (χ4n) is 2.52. The van der Waals surface area contributed by atoms with Crippen LogP contribution in [-0.2, 0) is 11.2 Å². The highest BCUT2D eigenvalue weighted by atomic mass is 16.5. The van der Waals surface area contributed by atoms with E-state index < -0.39 is 18.7 Å². The Kier molecular flexibility index (Phi) is 6.65. The van der Waals surface area contributed by atoms with Crippen molar-refractivity contribution < 1.29 is 29.2 Å². The largest absolute Gasteiger partial charge is 0.493 e. The molecule has 0 bridgehead atoms. The summed E-state index contributed by atoms with van der Waals surface area (Å²) in [7, 11) is 3.15. The molecule has 2 aromatic rings. The maximum Gasteiger partial charge on any atom is 0.341 e. The number of carboxylic acid groups (broad SMARTS) is 1. The van der Waals surface area contributed by atoms with E-state index in [4.69, 9.17) is 19.3 Å². The number of ether oxygens (including phenoxy) is 3. The summed E-state index contributed by atoms with van der Waals surface area (Å²) in [5, 5.41) is 19.2. The van der Waals surface area contributed by atoms with Crippen LogP contribution in [0.1, 0.15) is 23.7 Å². The van der Waals surface area contributed by atoms with Crippen molar-refractivity contribution in [2.45, 2.75) is 18.9 Å². The molecule has 0 aliphatic heterocycles. The number of aryl methyl sites for hydroxylation is 1. The van der Waals surface area contributed by atoms with Crippen LogP contribution in [0.3, 0.4) is 0 Å². The third-order valence-corrected chi connectivity index (χ3v) is 3.78. The lowest BCUT2D eigenvalue weighted by atomic mass is 10.0. The van der Waals surface area contributed by atoms with Crippen LogP contribution in [-0.4, -0.2) is 37.0 Å². The Morgan fingerprint density at radius 2 is 1.76 bits per heavy atom. The minimum Gasteiger partial charge on any atom is -0.493 e. The topological polar surface area (TPSA) is 85.2 Å². The van der Waals surface area contributed by atoms with Gasteiger partial charge in [0.25, 0.3) is 0 Å². The van der Waals surface area contributed by atoms with Gasteiger partial charge in [0.15, 0.2) is 18.1 Å². The van der Waals surface area contributed by atoms with E-state index in [2.05, 4.69) is 0 Å². The molecule has 6 nitrogen and oxygen atoms in total. The number of methoxy groups -OCH3 is 2. The van der Waals surface area contributed by atoms with Gasteiger partial charge in [-0.1, -0.05) is 24.3 Å². The van der Waals surface area contributed by atoms with Gasteiger partial charge in [-0.25, -0.2) is 4.79 Å². The van der Waals surface area contributed by atoms with Crippen LogP contribution in [0.2, 0.25) is 0 Å². The van der Waals surface area contributed by atoms with E-state index >= 15 is 0 Å². The van der Waals surface area contributed by atoms with Crippen molar-refractivity contribution in [3.05, 3.63) is 53.6 Å². The van der Waals surface area contributed by atoms with Crippen LogP contribution in [0.25, 0.3) is 0 Å². The van der Waals surface area contributed by atoms with Gasteiger partial charge in [0.05, 0.1) is 20.3 Å². The summed E-state index contributed by atoms with van der Waals surface area (Å²) in [6.07, 6.45) is 0.315. The normalized spacial score (nSPS) is 11.6. The second kappa shape index (κ2) is 8.94. The van der Waals surface area contributed by atoms with E-state index in [1.165, 1.54) is 0 Å². The van der Waals surface area contributed by atoms with Gasteiger partial charge in [-0.05, 0) is 36.6 Å². The molecule has 6 heteroatoms. The van der Waals surface area contributed by atoms with E-state index in [0.717, 1.165) is 5.56 Å². The lowest BCUT2D eigenvalue weighted by molar-refractivity contribution is -0.139. The molecule has 0 saturated carbocycles. The van der Waals surface area contributed by atoms with Gasteiger partial charge in [-0.3, -0.25) is 0 Å². The summed E-state index contributed by atoms with van der Waals surface area (Å²) in [6, 6.07) is 12.5. The highest BCUT2D eigenvalue weighted by Crippen LogP contribution is 2.31. The molecule has 0 aliphatic rings. The highest BCUT2D eigenvalue weighted by Gasteiger charge is 2.15. The first-order valence-electron chi connectivity index (χ1n) is 7.87. The number of rotatable bonds is 9. The smallest absolute Gasteiger partial charge is 0.341 e. The maximum atomic E-state index is 10.7. The van der Waals surface area contributed by atoms with E-state index in [1.54, 1.807) is 38.5 Å². The molecule has 0 amide bonds. The molecule has 0 aromatic heterocycles. The van der Waals surface area contributed by atoms with Crippen molar-refractivity contribution in [3.8, 4) is 17.2 Å². The Morgan fingerprint density at radius 3 is 2.44 bits per heavy atom. The predicted octanol–water partition coefficient (Wildman–Crippen LogP) is 2.83. The molecule has 0 fully saturated rings. The van der Waals surface area contributed by atoms with Crippen molar-refractivity contribution in [3.63, 3.8) is 0 Å². The molecular weight excluding hydrogens is 324 g/mol. The Labute approximate surface area is 146 Å². The van der Waals surface area contributed by atoms with Crippen LogP contribution < -0.4 is 14.2 Å². The number of benzene rings is 2. The summed E-state index contributed by atoms with van der Waals surface area (Å²) in [4.78, 5) is 10.7. The number of aliphatic carboxylic acids is 1. The molecule has 1 atom stereocenters. The summed E-state index contributed by atoms with van der Waals surface area (Å²) < 4.78 is 15.7. The fourth-order valence-corrected chi connectivity index (χ4v) is 2.52. The summed E-state index contributed by atoms with van der Waals surface area (Å²) in [5.74, 6) is 0.609.